The molecule has 0 aliphatic carbocycles. The average Bonchev–Trinajstić information content (AvgIpc) is 3.03. The number of para-hydroxylation sites is 1. The van der Waals surface area contributed by atoms with E-state index in [1.54, 1.807) is 18.2 Å². The second-order valence-electron chi connectivity index (χ2n) is 10.5. The molecule has 5 rings (SSSR count). The summed E-state index contributed by atoms with van der Waals surface area (Å²) < 4.78 is 44.4. The van der Waals surface area contributed by atoms with E-state index >= 15 is 8.78 Å². The summed E-state index contributed by atoms with van der Waals surface area (Å²) in [6.45, 7) is 9.20. The van der Waals surface area contributed by atoms with Crippen molar-refractivity contribution >= 4 is 28.6 Å². The maximum absolute atomic E-state index is 15.0. The molecule has 0 saturated carbocycles. The van der Waals surface area contributed by atoms with Crippen LogP contribution in [0.5, 0.6) is 0 Å². The zero-order valence-corrected chi connectivity index (χ0v) is 25.2. The van der Waals surface area contributed by atoms with Gasteiger partial charge in [-0.15, -0.1) is 0 Å². The monoisotopic (exact) mass is 614 g/mol. The molecule has 8 nitrogen and oxygen atoms in total. The fourth-order valence-electron chi connectivity index (χ4n) is 5.12. The topological polar surface area (TPSA) is 92.2 Å². The molecule has 2 aromatic heterocycles. The van der Waals surface area contributed by atoms with Crippen molar-refractivity contribution < 1.29 is 18.0 Å². The maximum atomic E-state index is 15.0. The minimum absolute atomic E-state index is 0.00306. The SMILES string of the molecule is CCN(CC)CCCNc1nc(-c2cc(C(=O)Nc3ccc(F)cc3)ccc2C)c2ccc(=O)n(-c3c(F)cccc3F)c2n1. The van der Waals surface area contributed by atoms with Crippen LogP contribution in [0.4, 0.5) is 24.8 Å². The Morgan fingerprint density at radius 2 is 1.62 bits per heavy atom. The lowest BCUT2D eigenvalue weighted by Crippen LogP contribution is -2.25. The summed E-state index contributed by atoms with van der Waals surface area (Å²) in [4.78, 5) is 38.0. The highest BCUT2D eigenvalue weighted by Crippen LogP contribution is 2.32. The molecule has 0 radical (unpaired) electrons. The van der Waals surface area contributed by atoms with Gasteiger partial charge in [-0.2, -0.15) is 4.98 Å². The van der Waals surface area contributed by atoms with Crippen LogP contribution in [0.3, 0.4) is 0 Å². The van der Waals surface area contributed by atoms with Gasteiger partial charge in [-0.25, -0.2) is 18.2 Å². The molecule has 3 aromatic carbocycles. The van der Waals surface area contributed by atoms with Gasteiger partial charge in [0.05, 0.1) is 5.69 Å². The summed E-state index contributed by atoms with van der Waals surface area (Å²) in [5.74, 6) is -2.54. The summed E-state index contributed by atoms with van der Waals surface area (Å²) in [6.07, 6.45) is 0.778. The largest absolute Gasteiger partial charge is 0.354 e. The quantitative estimate of drug-likeness (QED) is 0.164. The molecular weight excluding hydrogens is 581 g/mol. The van der Waals surface area contributed by atoms with Crippen LogP contribution >= 0.6 is 0 Å². The van der Waals surface area contributed by atoms with Gasteiger partial charge in [0.2, 0.25) is 5.95 Å². The lowest BCUT2D eigenvalue weighted by molar-refractivity contribution is 0.102. The molecule has 2 N–H and O–H groups in total. The molecule has 232 valence electrons. The zero-order valence-electron chi connectivity index (χ0n) is 25.2. The molecule has 0 fully saturated rings. The van der Waals surface area contributed by atoms with Crippen LogP contribution in [0.2, 0.25) is 0 Å². The number of benzene rings is 3. The van der Waals surface area contributed by atoms with Gasteiger partial charge < -0.3 is 15.5 Å². The molecule has 0 spiro atoms. The Kier molecular flexibility index (Phi) is 9.58. The number of fused-ring (bicyclic) bond motifs is 1. The first-order chi connectivity index (χ1) is 21.7. The van der Waals surface area contributed by atoms with E-state index in [0.717, 1.165) is 48.3 Å². The lowest BCUT2D eigenvalue weighted by atomic mass is 9.99. The predicted octanol–water partition coefficient (Wildman–Crippen LogP) is 6.57. The number of aromatic nitrogens is 3. The van der Waals surface area contributed by atoms with Gasteiger partial charge in [0.25, 0.3) is 11.5 Å². The Hall–Kier alpha value is -5.03. The van der Waals surface area contributed by atoms with E-state index < -0.39 is 34.6 Å². The van der Waals surface area contributed by atoms with Gasteiger partial charge in [-0.3, -0.25) is 14.2 Å². The van der Waals surface area contributed by atoms with Crippen LogP contribution in [-0.2, 0) is 0 Å². The number of pyridine rings is 1. The standard InChI is InChI=1S/C34H33F3N6O2/c1-4-42(5-2)19-7-18-38-34-40-30(25-16-17-29(44)43(32(25)41-34)31-27(36)8-6-9-28(31)37)26-20-22(11-10-21(26)3)33(45)39-24-14-12-23(35)13-15-24/h6,8-17,20H,4-5,7,18-19H2,1-3H3,(H,39,45)(H,38,40,41). The molecule has 0 bridgehead atoms. The first kappa shape index (κ1) is 31.4. The Balaban J connectivity index is 1.64. The van der Waals surface area contributed by atoms with Crippen molar-refractivity contribution in [3.05, 3.63) is 112 Å². The van der Waals surface area contributed by atoms with Crippen molar-refractivity contribution in [2.75, 3.05) is 36.8 Å². The van der Waals surface area contributed by atoms with E-state index in [-0.39, 0.29) is 11.6 Å². The number of amides is 1. The maximum Gasteiger partial charge on any atom is 0.256 e. The van der Waals surface area contributed by atoms with Gasteiger partial charge >= 0.3 is 0 Å². The lowest BCUT2D eigenvalue weighted by Gasteiger charge is -2.18. The average molecular weight is 615 g/mol. The molecule has 2 heterocycles. The van der Waals surface area contributed by atoms with Crippen LogP contribution in [-0.4, -0.2) is 51.5 Å². The first-order valence-electron chi connectivity index (χ1n) is 14.7. The van der Waals surface area contributed by atoms with Crippen molar-refractivity contribution in [3.63, 3.8) is 0 Å². The molecule has 0 aliphatic heterocycles. The molecular formula is C34H33F3N6O2. The summed E-state index contributed by atoms with van der Waals surface area (Å²) in [6, 6.07) is 16.6. The number of aryl methyl sites for hydroxylation is 1. The Morgan fingerprint density at radius 1 is 0.911 bits per heavy atom. The number of hydrogen-bond acceptors (Lipinski definition) is 6. The fourth-order valence-corrected chi connectivity index (χ4v) is 5.12. The molecule has 5 aromatic rings. The van der Waals surface area contributed by atoms with E-state index in [1.807, 2.05) is 6.92 Å². The Labute approximate surface area is 258 Å². The van der Waals surface area contributed by atoms with Crippen molar-refractivity contribution in [1.29, 1.82) is 0 Å². The second-order valence-corrected chi connectivity index (χ2v) is 10.5. The number of nitrogens with one attached hydrogen (secondary N) is 2. The van der Waals surface area contributed by atoms with E-state index in [9.17, 15) is 14.0 Å². The van der Waals surface area contributed by atoms with Gasteiger partial charge in [0.1, 0.15) is 23.1 Å². The van der Waals surface area contributed by atoms with Crippen molar-refractivity contribution in [1.82, 2.24) is 19.4 Å². The third-order valence-corrected chi connectivity index (χ3v) is 7.60. The molecule has 0 aliphatic rings. The number of hydrogen-bond donors (Lipinski definition) is 2. The molecule has 45 heavy (non-hydrogen) atoms. The highest BCUT2D eigenvalue weighted by Gasteiger charge is 2.21. The fraction of sp³-hybridized carbons (Fsp3) is 0.235. The highest BCUT2D eigenvalue weighted by atomic mass is 19.1. The number of nitrogens with zero attached hydrogens (tertiary/aromatic N) is 4. The number of anilines is 2. The summed E-state index contributed by atoms with van der Waals surface area (Å²) >= 11 is 0. The van der Waals surface area contributed by atoms with Crippen LogP contribution in [0, 0.1) is 24.4 Å². The summed E-state index contributed by atoms with van der Waals surface area (Å²) in [5, 5.41) is 6.31. The number of halogens is 3. The number of rotatable bonds is 11. The number of carbonyl (C=O) groups excluding carboxylic acids is 1. The van der Waals surface area contributed by atoms with Gasteiger partial charge in [0, 0.05) is 34.8 Å². The zero-order chi connectivity index (χ0) is 32.1. The molecule has 0 saturated heterocycles. The minimum Gasteiger partial charge on any atom is -0.354 e. The predicted molar refractivity (Wildman–Crippen MR) is 170 cm³/mol. The van der Waals surface area contributed by atoms with Crippen LogP contribution < -0.4 is 16.2 Å². The third kappa shape index (κ3) is 6.88. The van der Waals surface area contributed by atoms with Crippen LogP contribution in [0.1, 0.15) is 36.2 Å². The molecule has 11 heteroatoms. The smallest absolute Gasteiger partial charge is 0.256 e. The third-order valence-electron chi connectivity index (χ3n) is 7.60. The molecule has 1 amide bonds. The summed E-state index contributed by atoms with van der Waals surface area (Å²) in [5.41, 5.74) is 1.18. The van der Waals surface area contributed by atoms with Gasteiger partial charge in [-0.1, -0.05) is 26.0 Å². The Morgan fingerprint density at radius 3 is 2.31 bits per heavy atom. The van der Waals surface area contributed by atoms with E-state index in [2.05, 4.69) is 34.4 Å². The molecule has 0 atom stereocenters. The van der Waals surface area contributed by atoms with Crippen molar-refractivity contribution in [3.8, 4) is 16.9 Å². The van der Waals surface area contributed by atoms with E-state index in [4.69, 9.17) is 4.98 Å². The highest BCUT2D eigenvalue weighted by molar-refractivity contribution is 6.05. The summed E-state index contributed by atoms with van der Waals surface area (Å²) in [7, 11) is 0. The normalized spacial score (nSPS) is 11.3. The van der Waals surface area contributed by atoms with Gasteiger partial charge in [-0.05, 0) is 93.1 Å². The minimum atomic E-state index is -0.922. The Bertz CT molecular complexity index is 1890. The first-order valence-corrected chi connectivity index (χ1v) is 14.7. The second kappa shape index (κ2) is 13.7. The van der Waals surface area contributed by atoms with Gasteiger partial charge in [0.15, 0.2) is 5.65 Å². The van der Waals surface area contributed by atoms with Crippen molar-refractivity contribution in [2.24, 2.45) is 0 Å². The molecule has 0 unspecified atom stereocenters. The van der Waals surface area contributed by atoms with E-state index in [0.29, 0.717) is 34.4 Å². The van der Waals surface area contributed by atoms with Crippen molar-refractivity contribution in [2.45, 2.75) is 27.2 Å². The van der Waals surface area contributed by atoms with Crippen LogP contribution in [0.25, 0.3) is 28.0 Å². The van der Waals surface area contributed by atoms with Crippen LogP contribution in [0.15, 0.2) is 77.6 Å². The van der Waals surface area contributed by atoms with E-state index in [1.165, 1.54) is 42.5 Å². The number of carbonyl (C=O) groups is 1.